The molecule has 0 amide bonds. The highest BCUT2D eigenvalue weighted by Crippen LogP contribution is 2.38. The number of fused-ring (bicyclic) bond motifs is 1. The highest BCUT2D eigenvalue weighted by molar-refractivity contribution is 5.44. The molecule has 0 bridgehead atoms. The van der Waals surface area contributed by atoms with Gasteiger partial charge in [-0.25, -0.2) is 0 Å². The van der Waals surface area contributed by atoms with Crippen LogP contribution < -0.4 is 14.2 Å². The van der Waals surface area contributed by atoms with Crippen LogP contribution in [0.5, 0.6) is 17.2 Å². The van der Waals surface area contributed by atoms with Crippen molar-refractivity contribution in [1.29, 1.82) is 0 Å². The predicted molar refractivity (Wildman–Crippen MR) is 98.9 cm³/mol. The van der Waals surface area contributed by atoms with E-state index in [0.717, 1.165) is 36.6 Å². The number of para-hydroxylation sites is 1. The van der Waals surface area contributed by atoms with Crippen molar-refractivity contribution >= 4 is 0 Å². The fourth-order valence-corrected chi connectivity index (χ4v) is 3.72. The topological polar surface area (TPSA) is 51.2 Å². The van der Waals surface area contributed by atoms with Crippen molar-refractivity contribution in [3.05, 3.63) is 54.1 Å². The molecule has 0 aromatic heterocycles. The fraction of sp³-hybridized carbons (Fsp3) is 0.429. The summed E-state index contributed by atoms with van der Waals surface area (Å²) in [6, 6.07) is 16.1. The number of rotatable bonds is 6. The van der Waals surface area contributed by atoms with Crippen molar-refractivity contribution in [3.8, 4) is 17.2 Å². The molecular formula is C21H25NO4. The number of hydrogen-bond acceptors (Lipinski definition) is 5. The maximum Gasteiger partial charge on any atom is 0.161 e. The molecule has 2 aliphatic rings. The zero-order valence-electron chi connectivity index (χ0n) is 14.8. The van der Waals surface area contributed by atoms with Crippen LogP contribution in [-0.2, 0) is 0 Å². The minimum Gasteiger partial charge on any atom is -0.491 e. The van der Waals surface area contributed by atoms with Crippen molar-refractivity contribution in [3.63, 3.8) is 0 Å². The Balaban J connectivity index is 1.37. The Morgan fingerprint density at radius 2 is 1.88 bits per heavy atom. The third-order valence-corrected chi connectivity index (χ3v) is 4.95. The number of ether oxygens (including phenoxy) is 3. The molecular weight excluding hydrogens is 330 g/mol. The van der Waals surface area contributed by atoms with Gasteiger partial charge in [0.05, 0.1) is 0 Å². The van der Waals surface area contributed by atoms with Crippen molar-refractivity contribution < 1.29 is 19.3 Å². The van der Waals surface area contributed by atoms with Crippen LogP contribution in [0.4, 0.5) is 0 Å². The first kappa shape index (κ1) is 17.2. The van der Waals surface area contributed by atoms with Crippen LogP contribution in [0.2, 0.25) is 0 Å². The molecule has 138 valence electrons. The average molecular weight is 355 g/mol. The molecule has 1 saturated heterocycles. The lowest BCUT2D eigenvalue weighted by Gasteiger charge is -2.28. The van der Waals surface area contributed by atoms with Gasteiger partial charge in [0.25, 0.3) is 0 Å². The minimum atomic E-state index is -0.520. The highest BCUT2D eigenvalue weighted by atomic mass is 16.6. The molecule has 4 rings (SSSR count). The fourth-order valence-electron chi connectivity index (χ4n) is 3.72. The summed E-state index contributed by atoms with van der Waals surface area (Å²) in [7, 11) is 0. The molecule has 0 saturated carbocycles. The molecule has 0 aliphatic carbocycles. The smallest absolute Gasteiger partial charge is 0.161 e. The van der Waals surface area contributed by atoms with Gasteiger partial charge in [-0.15, -0.1) is 0 Å². The van der Waals surface area contributed by atoms with E-state index in [1.807, 2.05) is 36.4 Å². The Hall–Kier alpha value is -2.24. The summed E-state index contributed by atoms with van der Waals surface area (Å²) in [6.07, 6.45) is 1.70. The zero-order chi connectivity index (χ0) is 17.8. The summed E-state index contributed by atoms with van der Waals surface area (Å²) < 4.78 is 17.0. The monoisotopic (exact) mass is 355 g/mol. The van der Waals surface area contributed by atoms with E-state index in [9.17, 15) is 5.11 Å². The number of likely N-dealkylation sites (tertiary alicyclic amines) is 1. The van der Waals surface area contributed by atoms with E-state index in [1.54, 1.807) is 0 Å². The lowest BCUT2D eigenvalue weighted by Crippen LogP contribution is -2.35. The van der Waals surface area contributed by atoms with Gasteiger partial charge in [-0.1, -0.05) is 24.3 Å². The summed E-state index contributed by atoms with van der Waals surface area (Å²) in [5.74, 6) is 2.44. The van der Waals surface area contributed by atoms with Crippen molar-refractivity contribution in [2.24, 2.45) is 0 Å². The minimum absolute atomic E-state index is 0.300. The molecule has 0 spiro atoms. The second kappa shape index (κ2) is 7.98. The molecule has 2 aromatic rings. The number of aliphatic hydroxyl groups excluding tert-OH is 1. The third kappa shape index (κ3) is 3.94. The molecule has 2 aliphatic heterocycles. The summed E-state index contributed by atoms with van der Waals surface area (Å²) in [4.78, 5) is 2.34. The third-order valence-electron chi connectivity index (χ3n) is 4.95. The van der Waals surface area contributed by atoms with E-state index in [2.05, 4.69) is 17.0 Å². The van der Waals surface area contributed by atoms with Gasteiger partial charge in [0.15, 0.2) is 11.5 Å². The molecule has 2 unspecified atom stereocenters. The Morgan fingerprint density at radius 3 is 2.73 bits per heavy atom. The van der Waals surface area contributed by atoms with Crippen LogP contribution in [-0.4, -0.2) is 49.0 Å². The Bertz CT molecular complexity index is 721. The quantitative estimate of drug-likeness (QED) is 0.863. The lowest BCUT2D eigenvalue weighted by atomic mass is 10.0. The van der Waals surface area contributed by atoms with Crippen LogP contribution in [0.15, 0.2) is 48.5 Å². The maximum absolute atomic E-state index is 10.4. The second-order valence-corrected chi connectivity index (χ2v) is 6.83. The summed E-state index contributed by atoms with van der Waals surface area (Å²) in [5, 5.41) is 10.4. The SMILES string of the molecule is OC(COc1ccccc1)CN1CCCC1c1ccc2c(c1)OCCO2. The van der Waals surface area contributed by atoms with E-state index >= 15 is 0 Å². The van der Waals surface area contributed by atoms with Gasteiger partial charge in [0, 0.05) is 12.6 Å². The first-order chi connectivity index (χ1) is 12.8. The van der Waals surface area contributed by atoms with Crippen LogP contribution >= 0.6 is 0 Å². The Kier molecular flexibility index (Phi) is 5.27. The van der Waals surface area contributed by atoms with Crippen LogP contribution in [0.25, 0.3) is 0 Å². The molecule has 5 nitrogen and oxygen atoms in total. The predicted octanol–water partition coefficient (Wildman–Crippen LogP) is 3.03. The standard InChI is InChI=1S/C21H25NO4/c23-17(15-26-18-5-2-1-3-6-18)14-22-10-4-7-19(22)16-8-9-20-21(13-16)25-12-11-24-20/h1-3,5-6,8-9,13,17,19,23H,4,7,10-12,14-15H2. The van der Waals surface area contributed by atoms with Crippen molar-refractivity contribution in [1.82, 2.24) is 4.90 Å². The number of benzene rings is 2. The van der Waals surface area contributed by atoms with E-state index in [0.29, 0.717) is 32.4 Å². The van der Waals surface area contributed by atoms with Crippen LogP contribution in [0.3, 0.4) is 0 Å². The molecule has 5 heteroatoms. The number of nitrogens with zero attached hydrogens (tertiary/aromatic N) is 1. The second-order valence-electron chi connectivity index (χ2n) is 6.83. The first-order valence-corrected chi connectivity index (χ1v) is 9.29. The van der Waals surface area contributed by atoms with Gasteiger partial charge in [0.1, 0.15) is 31.7 Å². The van der Waals surface area contributed by atoms with Gasteiger partial charge in [-0.05, 0) is 49.2 Å². The normalized spacial score (nSPS) is 20.7. The van der Waals surface area contributed by atoms with Gasteiger partial charge in [-0.2, -0.15) is 0 Å². The van der Waals surface area contributed by atoms with Crippen molar-refractivity contribution in [2.45, 2.75) is 25.0 Å². The van der Waals surface area contributed by atoms with Gasteiger partial charge in [0.2, 0.25) is 0 Å². The number of hydrogen-bond donors (Lipinski definition) is 1. The largest absolute Gasteiger partial charge is 0.491 e. The molecule has 2 atom stereocenters. The van der Waals surface area contributed by atoms with Crippen LogP contribution in [0, 0.1) is 0 Å². The maximum atomic E-state index is 10.4. The van der Waals surface area contributed by atoms with Gasteiger partial charge in [-0.3, -0.25) is 4.90 Å². The molecule has 1 N–H and O–H groups in total. The van der Waals surface area contributed by atoms with Crippen molar-refractivity contribution in [2.75, 3.05) is 32.9 Å². The molecule has 2 heterocycles. The zero-order valence-corrected chi connectivity index (χ0v) is 14.8. The van der Waals surface area contributed by atoms with E-state index in [1.165, 1.54) is 5.56 Å². The molecule has 1 fully saturated rings. The average Bonchev–Trinajstić information content (AvgIpc) is 3.15. The molecule has 2 aromatic carbocycles. The highest BCUT2D eigenvalue weighted by Gasteiger charge is 2.28. The first-order valence-electron chi connectivity index (χ1n) is 9.29. The lowest BCUT2D eigenvalue weighted by molar-refractivity contribution is 0.0637. The summed E-state index contributed by atoms with van der Waals surface area (Å²) in [5.41, 5.74) is 1.22. The van der Waals surface area contributed by atoms with E-state index in [4.69, 9.17) is 14.2 Å². The number of β-amino-alcohol motifs (C(OH)–C–C–N with tert-alkyl or cyclic N) is 1. The van der Waals surface area contributed by atoms with Crippen LogP contribution in [0.1, 0.15) is 24.4 Å². The van der Waals surface area contributed by atoms with Gasteiger partial charge >= 0.3 is 0 Å². The Labute approximate surface area is 154 Å². The molecule has 26 heavy (non-hydrogen) atoms. The number of aliphatic hydroxyl groups is 1. The van der Waals surface area contributed by atoms with E-state index < -0.39 is 6.10 Å². The summed E-state index contributed by atoms with van der Waals surface area (Å²) >= 11 is 0. The van der Waals surface area contributed by atoms with Gasteiger partial charge < -0.3 is 19.3 Å². The summed E-state index contributed by atoms with van der Waals surface area (Å²) in [6.45, 7) is 3.09. The van der Waals surface area contributed by atoms with E-state index in [-0.39, 0.29) is 0 Å². The molecule has 0 radical (unpaired) electrons. The Morgan fingerprint density at radius 1 is 1.08 bits per heavy atom.